The predicted octanol–water partition coefficient (Wildman–Crippen LogP) is 2.00. The zero-order valence-corrected chi connectivity index (χ0v) is 9.45. The van der Waals surface area contributed by atoms with Gasteiger partial charge in [0.2, 0.25) is 0 Å². The van der Waals surface area contributed by atoms with Crippen LogP contribution in [0.1, 0.15) is 33.6 Å². The lowest BCUT2D eigenvalue weighted by Crippen LogP contribution is -2.24. The normalized spacial score (nSPS) is 19.8. The summed E-state index contributed by atoms with van der Waals surface area (Å²) in [5, 5.41) is 9.10. The minimum atomic E-state index is -0.502. The predicted molar refractivity (Wildman–Crippen MR) is 56.4 cm³/mol. The van der Waals surface area contributed by atoms with Gasteiger partial charge in [0.05, 0.1) is 18.3 Å². The van der Waals surface area contributed by atoms with Crippen molar-refractivity contribution in [1.82, 2.24) is 0 Å². The fourth-order valence-electron chi connectivity index (χ4n) is 1.30. The molecule has 1 atom stereocenters. The number of carbonyl (C=O) groups is 2. The summed E-state index contributed by atoms with van der Waals surface area (Å²) in [5.74, 6) is -1.16. The van der Waals surface area contributed by atoms with Crippen molar-refractivity contribution in [1.29, 1.82) is 0 Å². The van der Waals surface area contributed by atoms with Crippen LogP contribution >= 0.6 is 0 Å². The molecule has 0 amide bonds. The van der Waals surface area contributed by atoms with Crippen molar-refractivity contribution >= 4 is 11.8 Å². The third-order valence-corrected chi connectivity index (χ3v) is 1.85. The number of ether oxygens (including phenoxy) is 1. The van der Waals surface area contributed by atoms with Crippen molar-refractivity contribution in [3.63, 3.8) is 0 Å². The van der Waals surface area contributed by atoms with Gasteiger partial charge in [-0.2, -0.15) is 0 Å². The molecule has 1 rings (SSSR count). The molecular formula is C11H18O4. The van der Waals surface area contributed by atoms with E-state index in [4.69, 9.17) is 9.84 Å². The minimum Gasteiger partial charge on any atom is -0.512 e. The second kappa shape index (κ2) is 7.04. The Kier molecular flexibility index (Phi) is 6.42. The molecule has 1 unspecified atom stereocenters. The van der Waals surface area contributed by atoms with E-state index in [0.29, 0.717) is 6.61 Å². The number of ketones is 1. The molecule has 1 aliphatic rings. The highest BCUT2D eigenvalue weighted by Gasteiger charge is 2.27. The zero-order chi connectivity index (χ0) is 11.8. The number of carbonyl (C=O) groups excluding carboxylic acids is 2. The van der Waals surface area contributed by atoms with Gasteiger partial charge >= 0.3 is 5.97 Å². The maximum Gasteiger partial charge on any atom is 0.309 e. The number of hydrogen-bond acceptors (Lipinski definition) is 4. The maximum atomic E-state index is 11.2. The van der Waals surface area contributed by atoms with Gasteiger partial charge in [0.1, 0.15) is 0 Å². The van der Waals surface area contributed by atoms with Crippen LogP contribution in [0.15, 0.2) is 11.8 Å². The Morgan fingerprint density at radius 3 is 2.60 bits per heavy atom. The Bertz CT molecular complexity index is 255. The first-order chi connectivity index (χ1) is 7.13. The van der Waals surface area contributed by atoms with Crippen molar-refractivity contribution in [3.8, 4) is 0 Å². The first-order valence-electron chi connectivity index (χ1n) is 5.22. The van der Waals surface area contributed by atoms with Gasteiger partial charge in [-0.15, -0.1) is 0 Å². The molecule has 0 heterocycles. The van der Waals surface area contributed by atoms with Gasteiger partial charge in [-0.25, -0.2) is 0 Å². The van der Waals surface area contributed by atoms with Crippen LogP contribution in [0.3, 0.4) is 0 Å². The number of aliphatic hydroxyl groups is 1. The van der Waals surface area contributed by atoms with E-state index >= 15 is 0 Å². The topological polar surface area (TPSA) is 63.6 Å². The highest BCUT2D eigenvalue weighted by atomic mass is 16.5. The van der Waals surface area contributed by atoms with Gasteiger partial charge in [0.25, 0.3) is 0 Å². The number of rotatable bonds is 2. The standard InChI is InChI=1S/C9H12O4.C2H6/c1-2-13-9(12)6-3-7(10)5-8(11)4-6;1-2/h5-6,10H,2-4H2,1H3;1-2H3. The van der Waals surface area contributed by atoms with Gasteiger partial charge in [-0.1, -0.05) is 13.8 Å². The minimum absolute atomic E-state index is 0.0331. The van der Waals surface area contributed by atoms with E-state index in [1.54, 1.807) is 6.92 Å². The van der Waals surface area contributed by atoms with E-state index in [0.717, 1.165) is 6.08 Å². The highest BCUT2D eigenvalue weighted by molar-refractivity contribution is 5.94. The Hall–Kier alpha value is -1.32. The van der Waals surface area contributed by atoms with Crippen LogP contribution in [0.2, 0.25) is 0 Å². The van der Waals surface area contributed by atoms with Crippen LogP contribution in [0.4, 0.5) is 0 Å². The molecule has 1 N–H and O–H groups in total. The van der Waals surface area contributed by atoms with Crippen molar-refractivity contribution in [2.24, 2.45) is 5.92 Å². The van der Waals surface area contributed by atoms with E-state index in [-0.39, 0.29) is 24.4 Å². The lowest BCUT2D eigenvalue weighted by atomic mass is 9.92. The molecule has 0 aromatic heterocycles. The number of esters is 1. The number of allylic oxidation sites excluding steroid dienone is 2. The van der Waals surface area contributed by atoms with Crippen LogP contribution in [-0.2, 0) is 14.3 Å². The van der Waals surface area contributed by atoms with Crippen LogP contribution in [0.25, 0.3) is 0 Å². The summed E-state index contributed by atoms with van der Waals surface area (Å²) < 4.78 is 4.75. The molecule has 0 aliphatic heterocycles. The molecule has 86 valence electrons. The van der Waals surface area contributed by atoms with Crippen molar-refractivity contribution in [2.45, 2.75) is 33.6 Å². The van der Waals surface area contributed by atoms with Crippen LogP contribution in [0.5, 0.6) is 0 Å². The average molecular weight is 214 g/mol. The second-order valence-corrected chi connectivity index (χ2v) is 2.96. The zero-order valence-electron chi connectivity index (χ0n) is 9.45. The summed E-state index contributed by atoms with van der Waals surface area (Å²) in [6.07, 6.45) is 1.52. The third-order valence-electron chi connectivity index (χ3n) is 1.85. The molecule has 0 saturated heterocycles. The summed E-state index contributed by atoms with van der Waals surface area (Å²) in [5.41, 5.74) is 0. The van der Waals surface area contributed by atoms with E-state index in [1.807, 2.05) is 13.8 Å². The maximum absolute atomic E-state index is 11.2. The van der Waals surface area contributed by atoms with Crippen LogP contribution in [0, 0.1) is 5.92 Å². The molecule has 15 heavy (non-hydrogen) atoms. The van der Waals surface area contributed by atoms with Gasteiger partial charge in [0.15, 0.2) is 5.78 Å². The van der Waals surface area contributed by atoms with Crippen molar-refractivity contribution in [2.75, 3.05) is 6.61 Å². The Balaban J connectivity index is 0.000000921. The summed E-state index contributed by atoms with van der Waals surface area (Å²) >= 11 is 0. The number of hydrogen-bond donors (Lipinski definition) is 1. The number of aliphatic hydroxyl groups excluding tert-OH is 1. The summed E-state index contributed by atoms with van der Waals surface area (Å²) in [7, 11) is 0. The summed E-state index contributed by atoms with van der Waals surface area (Å²) in [4.78, 5) is 22.1. The van der Waals surface area contributed by atoms with E-state index in [2.05, 4.69) is 0 Å². The van der Waals surface area contributed by atoms with Gasteiger partial charge < -0.3 is 9.84 Å². The Morgan fingerprint density at radius 2 is 2.13 bits per heavy atom. The van der Waals surface area contributed by atoms with Crippen molar-refractivity contribution in [3.05, 3.63) is 11.8 Å². The molecule has 0 saturated carbocycles. The molecule has 0 aromatic carbocycles. The quantitative estimate of drug-likeness (QED) is 0.714. The molecule has 0 bridgehead atoms. The summed E-state index contributed by atoms with van der Waals surface area (Å²) in [6.45, 7) is 6.01. The molecule has 0 spiro atoms. The molecule has 0 aromatic rings. The fraction of sp³-hybridized carbons (Fsp3) is 0.636. The molecule has 4 nitrogen and oxygen atoms in total. The van der Waals surface area contributed by atoms with Gasteiger partial charge in [0, 0.05) is 18.9 Å². The lowest BCUT2D eigenvalue weighted by molar-refractivity contribution is -0.149. The van der Waals surface area contributed by atoms with Crippen LogP contribution in [-0.4, -0.2) is 23.5 Å². The molecule has 1 aliphatic carbocycles. The molecule has 4 heteroatoms. The van der Waals surface area contributed by atoms with Crippen molar-refractivity contribution < 1.29 is 19.4 Å². The average Bonchev–Trinajstić information content (AvgIpc) is 2.20. The Labute approximate surface area is 89.9 Å². The third kappa shape index (κ3) is 4.63. The Morgan fingerprint density at radius 1 is 1.53 bits per heavy atom. The highest BCUT2D eigenvalue weighted by Crippen LogP contribution is 2.21. The molecule has 0 radical (unpaired) electrons. The summed E-state index contributed by atoms with van der Waals surface area (Å²) in [6, 6.07) is 0. The fourth-order valence-corrected chi connectivity index (χ4v) is 1.30. The van der Waals surface area contributed by atoms with E-state index < -0.39 is 11.9 Å². The SMILES string of the molecule is CC.CCOC(=O)C1CC(=O)C=C(O)C1. The smallest absolute Gasteiger partial charge is 0.309 e. The monoisotopic (exact) mass is 214 g/mol. The lowest BCUT2D eigenvalue weighted by Gasteiger charge is -2.16. The molecular weight excluding hydrogens is 196 g/mol. The second-order valence-electron chi connectivity index (χ2n) is 2.96. The van der Waals surface area contributed by atoms with Gasteiger partial charge in [-0.3, -0.25) is 9.59 Å². The van der Waals surface area contributed by atoms with Gasteiger partial charge in [-0.05, 0) is 6.92 Å². The largest absolute Gasteiger partial charge is 0.512 e. The van der Waals surface area contributed by atoms with Crippen LogP contribution < -0.4 is 0 Å². The molecule has 0 fully saturated rings. The first-order valence-corrected chi connectivity index (χ1v) is 5.22. The first kappa shape index (κ1) is 13.7. The van der Waals surface area contributed by atoms with E-state index in [9.17, 15) is 9.59 Å². The van der Waals surface area contributed by atoms with E-state index in [1.165, 1.54) is 0 Å².